The summed E-state index contributed by atoms with van der Waals surface area (Å²) in [5.41, 5.74) is 0.529. The van der Waals surface area contributed by atoms with Crippen LogP contribution in [0.1, 0.15) is 22.3 Å². The minimum absolute atomic E-state index is 0.0340. The molecule has 0 fully saturated rings. The Bertz CT molecular complexity index is 402. The van der Waals surface area contributed by atoms with Crippen molar-refractivity contribution < 1.29 is 14.3 Å². The molecule has 3 nitrogen and oxygen atoms in total. The van der Waals surface area contributed by atoms with Gasteiger partial charge in [-0.25, -0.2) is 4.39 Å². The van der Waals surface area contributed by atoms with E-state index < -0.39 is 11.6 Å². The molecule has 1 aromatic rings. The topological polar surface area (TPSA) is 49.3 Å². The predicted molar refractivity (Wildman–Crippen MR) is 61.0 cm³/mol. The Balaban J connectivity index is 2.85. The SMILES string of the molecule is CNCCC=Cc1cc(F)c(O)c(C=O)c1. The van der Waals surface area contributed by atoms with Gasteiger partial charge in [0.05, 0.1) is 5.56 Å². The maximum atomic E-state index is 13.1. The van der Waals surface area contributed by atoms with Crippen molar-refractivity contribution in [2.45, 2.75) is 6.42 Å². The molecule has 1 rings (SSSR count). The first-order valence-electron chi connectivity index (χ1n) is 4.98. The number of phenolic OH excluding ortho intramolecular Hbond substituents is 1. The zero-order valence-corrected chi connectivity index (χ0v) is 9.03. The fourth-order valence-corrected chi connectivity index (χ4v) is 1.28. The molecule has 16 heavy (non-hydrogen) atoms. The molecule has 0 saturated heterocycles. The van der Waals surface area contributed by atoms with Crippen molar-refractivity contribution in [2.75, 3.05) is 13.6 Å². The highest BCUT2D eigenvalue weighted by molar-refractivity contribution is 5.80. The quantitative estimate of drug-likeness (QED) is 0.592. The monoisotopic (exact) mass is 223 g/mol. The molecule has 0 saturated carbocycles. The summed E-state index contributed by atoms with van der Waals surface area (Å²) < 4.78 is 13.1. The average Bonchev–Trinajstić information content (AvgIpc) is 2.29. The molecule has 0 unspecified atom stereocenters. The summed E-state index contributed by atoms with van der Waals surface area (Å²) in [6.07, 6.45) is 4.84. The van der Waals surface area contributed by atoms with E-state index >= 15 is 0 Å². The van der Waals surface area contributed by atoms with Crippen molar-refractivity contribution in [3.63, 3.8) is 0 Å². The van der Waals surface area contributed by atoms with E-state index in [0.29, 0.717) is 11.8 Å². The molecule has 1 aromatic carbocycles. The third-order valence-corrected chi connectivity index (χ3v) is 2.11. The van der Waals surface area contributed by atoms with Crippen LogP contribution in [0, 0.1) is 5.82 Å². The Labute approximate surface area is 93.6 Å². The molecule has 0 atom stereocenters. The van der Waals surface area contributed by atoms with Gasteiger partial charge in [0.2, 0.25) is 0 Å². The van der Waals surface area contributed by atoms with Crippen LogP contribution in [-0.4, -0.2) is 25.0 Å². The summed E-state index contributed by atoms with van der Waals surface area (Å²) in [4.78, 5) is 10.5. The van der Waals surface area contributed by atoms with E-state index in [-0.39, 0.29) is 5.56 Å². The molecular weight excluding hydrogens is 209 g/mol. The van der Waals surface area contributed by atoms with E-state index in [1.165, 1.54) is 12.1 Å². The summed E-state index contributed by atoms with van der Waals surface area (Å²) in [5, 5.41) is 12.2. The molecule has 0 aliphatic heterocycles. The Morgan fingerprint density at radius 1 is 1.50 bits per heavy atom. The zero-order valence-electron chi connectivity index (χ0n) is 9.03. The van der Waals surface area contributed by atoms with Crippen molar-refractivity contribution in [1.29, 1.82) is 0 Å². The maximum Gasteiger partial charge on any atom is 0.166 e. The third-order valence-electron chi connectivity index (χ3n) is 2.11. The lowest BCUT2D eigenvalue weighted by atomic mass is 10.1. The summed E-state index contributed by atoms with van der Waals surface area (Å²) in [6, 6.07) is 2.64. The van der Waals surface area contributed by atoms with Crippen LogP contribution in [0.4, 0.5) is 4.39 Å². The predicted octanol–water partition coefficient (Wildman–Crippen LogP) is 1.97. The van der Waals surface area contributed by atoms with Crippen LogP contribution in [0.2, 0.25) is 0 Å². The van der Waals surface area contributed by atoms with Gasteiger partial charge in [0.15, 0.2) is 17.9 Å². The molecule has 86 valence electrons. The zero-order chi connectivity index (χ0) is 12.0. The van der Waals surface area contributed by atoms with Gasteiger partial charge in [0.1, 0.15) is 0 Å². The van der Waals surface area contributed by atoms with Gasteiger partial charge >= 0.3 is 0 Å². The molecule has 0 aliphatic rings. The number of nitrogens with one attached hydrogen (secondary N) is 1. The fraction of sp³-hybridized carbons (Fsp3) is 0.250. The van der Waals surface area contributed by atoms with Crippen molar-refractivity contribution in [2.24, 2.45) is 0 Å². The second-order valence-corrected chi connectivity index (χ2v) is 3.35. The first-order chi connectivity index (χ1) is 7.69. The number of carbonyl (C=O) groups is 1. The molecule has 0 aromatic heterocycles. The Hall–Kier alpha value is -1.68. The first kappa shape index (κ1) is 12.4. The lowest BCUT2D eigenvalue weighted by molar-refractivity contribution is 0.112. The number of aldehydes is 1. The number of aromatic hydroxyl groups is 1. The van der Waals surface area contributed by atoms with Gasteiger partial charge in [0.25, 0.3) is 0 Å². The lowest BCUT2D eigenvalue weighted by Crippen LogP contribution is -2.05. The van der Waals surface area contributed by atoms with Crippen LogP contribution in [0.15, 0.2) is 18.2 Å². The van der Waals surface area contributed by atoms with Gasteiger partial charge in [0, 0.05) is 0 Å². The highest BCUT2D eigenvalue weighted by Gasteiger charge is 2.07. The average molecular weight is 223 g/mol. The van der Waals surface area contributed by atoms with Gasteiger partial charge < -0.3 is 10.4 Å². The molecule has 0 heterocycles. The fourth-order valence-electron chi connectivity index (χ4n) is 1.28. The van der Waals surface area contributed by atoms with Crippen LogP contribution in [0.5, 0.6) is 5.75 Å². The summed E-state index contributed by atoms with van der Waals surface area (Å²) in [7, 11) is 1.85. The molecule has 0 bridgehead atoms. The number of hydrogen-bond acceptors (Lipinski definition) is 3. The molecular formula is C12H14FNO2. The van der Waals surface area contributed by atoms with Gasteiger partial charge in [-0.05, 0) is 37.7 Å². The Morgan fingerprint density at radius 2 is 2.25 bits per heavy atom. The molecule has 2 N–H and O–H groups in total. The summed E-state index contributed by atoms with van der Waals surface area (Å²) >= 11 is 0. The van der Waals surface area contributed by atoms with Gasteiger partial charge in [-0.15, -0.1) is 0 Å². The van der Waals surface area contributed by atoms with Crippen LogP contribution in [0.25, 0.3) is 6.08 Å². The van der Waals surface area contributed by atoms with Gasteiger partial charge in [-0.3, -0.25) is 4.79 Å². The van der Waals surface area contributed by atoms with E-state index in [1.54, 1.807) is 6.08 Å². The molecule has 0 amide bonds. The van der Waals surface area contributed by atoms with Crippen molar-refractivity contribution in [3.05, 3.63) is 35.2 Å². The minimum atomic E-state index is -0.780. The Morgan fingerprint density at radius 3 is 2.88 bits per heavy atom. The normalized spacial score (nSPS) is 10.9. The first-order valence-corrected chi connectivity index (χ1v) is 4.98. The number of carbonyl (C=O) groups excluding carboxylic acids is 1. The molecule has 0 radical (unpaired) electrons. The Kier molecular flexibility index (Phi) is 4.66. The molecule has 4 heteroatoms. The van der Waals surface area contributed by atoms with Crippen LogP contribution >= 0.6 is 0 Å². The standard InChI is InChI=1S/C12H14FNO2/c1-14-5-3-2-4-9-6-10(8-15)12(16)11(13)7-9/h2,4,6-8,14,16H,3,5H2,1H3. The molecule has 0 spiro atoms. The number of benzene rings is 1. The molecule has 0 aliphatic carbocycles. The highest BCUT2D eigenvalue weighted by atomic mass is 19.1. The van der Waals surface area contributed by atoms with Gasteiger partial charge in [-0.2, -0.15) is 0 Å². The van der Waals surface area contributed by atoms with E-state index in [0.717, 1.165) is 13.0 Å². The van der Waals surface area contributed by atoms with Crippen molar-refractivity contribution >= 4 is 12.4 Å². The van der Waals surface area contributed by atoms with E-state index in [9.17, 15) is 14.3 Å². The number of rotatable bonds is 5. The van der Waals surface area contributed by atoms with Gasteiger partial charge in [-0.1, -0.05) is 12.2 Å². The third kappa shape index (κ3) is 3.17. The second-order valence-electron chi connectivity index (χ2n) is 3.35. The van der Waals surface area contributed by atoms with Crippen LogP contribution in [0.3, 0.4) is 0 Å². The number of phenols is 1. The summed E-state index contributed by atoms with van der Waals surface area (Å²) in [5.74, 6) is -1.37. The van der Waals surface area contributed by atoms with E-state index in [2.05, 4.69) is 5.32 Å². The second kappa shape index (κ2) is 6.02. The highest BCUT2D eigenvalue weighted by Crippen LogP contribution is 2.22. The van der Waals surface area contributed by atoms with Crippen molar-refractivity contribution in [1.82, 2.24) is 5.32 Å². The van der Waals surface area contributed by atoms with Crippen LogP contribution in [-0.2, 0) is 0 Å². The maximum absolute atomic E-state index is 13.1. The number of hydrogen-bond donors (Lipinski definition) is 2. The minimum Gasteiger partial charge on any atom is -0.504 e. The van der Waals surface area contributed by atoms with Crippen molar-refractivity contribution in [3.8, 4) is 5.75 Å². The van der Waals surface area contributed by atoms with Crippen LogP contribution < -0.4 is 5.32 Å². The smallest absolute Gasteiger partial charge is 0.166 e. The summed E-state index contributed by atoms with van der Waals surface area (Å²) in [6.45, 7) is 0.831. The number of halogens is 1. The van der Waals surface area contributed by atoms with E-state index in [1.807, 2.05) is 13.1 Å². The van der Waals surface area contributed by atoms with E-state index in [4.69, 9.17) is 0 Å². The largest absolute Gasteiger partial charge is 0.504 e. The lowest BCUT2D eigenvalue weighted by Gasteiger charge is -2.01.